The lowest BCUT2D eigenvalue weighted by molar-refractivity contribution is 0.699. The second kappa shape index (κ2) is 4.69. The lowest BCUT2D eigenvalue weighted by Gasteiger charge is -2.23. The van der Waals surface area contributed by atoms with Crippen molar-refractivity contribution in [3.8, 4) is 0 Å². The van der Waals surface area contributed by atoms with E-state index in [2.05, 4.69) is 41.1 Å². The summed E-state index contributed by atoms with van der Waals surface area (Å²) in [5.41, 5.74) is 2.59. The predicted molar refractivity (Wildman–Crippen MR) is 65.4 cm³/mol. The zero-order chi connectivity index (χ0) is 10.7. The third kappa shape index (κ3) is 2.52. The molecule has 0 fully saturated rings. The van der Waals surface area contributed by atoms with Crippen molar-refractivity contribution >= 4 is 17.3 Å². The Hall–Kier alpha value is -0.990. The van der Waals surface area contributed by atoms with Gasteiger partial charge in [-0.1, -0.05) is 36.4 Å². The van der Waals surface area contributed by atoms with Crippen LogP contribution in [0.15, 0.2) is 35.9 Å². The Morgan fingerprint density at radius 3 is 3.07 bits per heavy atom. The van der Waals surface area contributed by atoms with Crippen molar-refractivity contribution in [1.82, 2.24) is 5.32 Å². The molecule has 1 aliphatic rings. The Kier molecular flexibility index (Phi) is 3.29. The van der Waals surface area contributed by atoms with Crippen molar-refractivity contribution in [2.24, 2.45) is 0 Å². The maximum atomic E-state index is 5.87. The van der Waals surface area contributed by atoms with Gasteiger partial charge in [0.15, 0.2) is 0 Å². The van der Waals surface area contributed by atoms with E-state index in [4.69, 9.17) is 11.6 Å². The Balaban J connectivity index is 2.28. The van der Waals surface area contributed by atoms with E-state index in [0.29, 0.717) is 5.03 Å². The van der Waals surface area contributed by atoms with Gasteiger partial charge in [0.05, 0.1) is 6.54 Å². The van der Waals surface area contributed by atoms with E-state index in [0.717, 1.165) is 26.2 Å². The number of hydrogen-bond donors (Lipinski definition) is 1. The molecule has 0 aliphatic carbocycles. The molecule has 0 bridgehead atoms. The molecule has 0 unspecified atom stereocenters. The Morgan fingerprint density at radius 1 is 1.47 bits per heavy atom. The van der Waals surface area contributed by atoms with Crippen molar-refractivity contribution in [2.45, 2.75) is 6.54 Å². The molecule has 1 aromatic carbocycles. The number of fused-ring (bicyclic) bond motifs is 1. The lowest BCUT2D eigenvalue weighted by atomic mass is 10.1. The highest BCUT2D eigenvalue weighted by Gasteiger charge is 2.14. The van der Waals surface area contributed by atoms with E-state index in [-0.39, 0.29) is 0 Å². The van der Waals surface area contributed by atoms with Gasteiger partial charge in [-0.25, -0.2) is 0 Å². The van der Waals surface area contributed by atoms with Crippen LogP contribution < -0.4 is 10.2 Å². The second-order valence-corrected chi connectivity index (χ2v) is 4.28. The number of benzene rings is 1. The average Bonchev–Trinajstić information content (AvgIpc) is 2.41. The topological polar surface area (TPSA) is 15.3 Å². The summed E-state index contributed by atoms with van der Waals surface area (Å²) < 4.78 is 0. The number of hydrogen-bond acceptors (Lipinski definition) is 2. The van der Waals surface area contributed by atoms with E-state index in [9.17, 15) is 0 Å². The van der Waals surface area contributed by atoms with Crippen LogP contribution in [-0.2, 0) is 6.54 Å². The third-order valence-electron chi connectivity index (χ3n) is 2.57. The van der Waals surface area contributed by atoms with Gasteiger partial charge in [0.2, 0.25) is 0 Å². The SMILES string of the molecule is C=C(Cl)CN1CCNCc2ccccc21. The molecule has 15 heavy (non-hydrogen) atoms. The molecule has 0 radical (unpaired) electrons. The van der Waals surface area contributed by atoms with Crippen molar-refractivity contribution in [3.63, 3.8) is 0 Å². The minimum atomic E-state index is 0.687. The van der Waals surface area contributed by atoms with E-state index < -0.39 is 0 Å². The summed E-state index contributed by atoms with van der Waals surface area (Å²) in [6.07, 6.45) is 0. The molecule has 1 aliphatic heterocycles. The number of nitrogens with zero attached hydrogens (tertiary/aromatic N) is 1. The molecular weight excluding hydrogens is 208 g/mol. The molecule has 1 aromatic rings. The molecule has 1 N–H and O–H groups in total. The van der Waals surface area contributed by atoms with Crippen LogP contribution in [0.4, 0.5) is 5.69 Å². The van der Waals surface area contributed by atoms with Crippen molar-refractivity contribution < 1.29 is 0 Å². The summed E-state index contributed by atoms with van der Waals surface area (Å²) >= 11 is 5.87. The van der Waals surface area contributed by atoms with E-state index in [1.807, 2.05) is 0 Å². The van der Waals surface area contributed by atoms with Gasteiger partial charge in [-0.3, -0.25) is 0 Å². The van der Waals surface area contributed by atoms with Crippen molar-refractivity contribution in [2.75, 3.05) is 24.5 Å². The second-order valence-electron chi connectivity index (χ2n) is 3.74. The van der Waals surface area contributed by atoms with Crippen LogP contribution in [0.2, 0.25) is 0 Å². The largest absolute Gasteiger partial charge is 0.365 e. The fourth-order valence-corrected chi connectivity index (χ4v) is 2.04. The molecule has 0 saturated carbocycles. The summed E-state index contributed by atoms with van der Waals surface area (Å²) in [6.45, 7) is 7.37. The highest BCUT2D eigenvalue weighted by Crippen LogP contribution is 2.22. The van der Waals surface area contributed by atoms with Crippen LogP contribution in [0.25, 0.3) is 0 Å². The Morgan fingerprint density at radius 2 is 2.27 bits per heavy atom. The minimum absolute atomic E-state index is 0.687. The fourth-order valence-electron chi connectivity index (χ4n) is 1.90. The van der Waals surface area contributed by atoms with Gasteiger partial charge in [-0.2, -0.15) is 0 Å². The molecule has 80 valence electrons. The zero-order valence-electron chi connectivity index (χ0n) is 8.67. The first-order chi connectivity index (χ1) is 7.27. The van der Waals surface area contributed by atoms with Crippen molar-refractivity contribution in [3.05, 3.63) is 41.4 Å². The first-order valence-corrected chi connectivity index (χ1v) is 5.52. The van der Waals surface area contributed by atoms with Crippen LogP contribution in [-0.4, -0.2) is 19.6 Å². The summed E-state index contributed by atoms with van der Waals surface area (Å²) in [5.74, 6) is 0. The summed E-state index contributed by atoms with van der Waals surface area (Å²) in [6, 6.07) is 8.42. The number of nitrogens with one attached hydrogen (secondary N) is 1. The van der Waals surface area contributed by atoms with Gasteiger partial charge in [-0.05, 0) is 11.6 Å². The first-order valence-electron chi connectivity index (χ1n) is 5.14. The molecule has 0 atom stereocenters. The van der Waals surface area contributed by atoms with Gasteiger partial charge in [0, 0.05) is 30.4 Å². The number of anilines is 1. The summed E-state index contributed by atoms with van der Waals surface area (Å²) in [4.78, 5) is 2.27. The number of para-hydroxylation sites is 1. The van der Waals surface area contributed by atoms with E-state index >= 15 is 0 Å². The van der Waals surface area contributed by atoms with Gasteiger partial charge < -0.3 is 10.2 Å². The molecule has 0 saturated heterocycles. The van der Waals surface area contributed by atoms with Gasteiger partial charge >= 0.3 is 0 Å². The number of halogens is 1. The van der Waals surface area contributed by atoms with Crippen LogP contribution in [0.3, 0.4) is 0 Å². The summed E-state index contributed by atoms with van der Waals surface area (Å²) in [5, 5.41) is 4.08. The maximum Gasteiger partial charge on any atom is 0.0531 e. The molecule has 0 spiro atoms. The molecule has 3 heteroatoms. The first kappa shape index (κ1) is 10.5. The van der Waals surface area contributed by atoms with Crippen LogP contribution >= 0.6 is 11.6 Å². The third-order valence-corrected chi connectivity index (χ3v) is 2.69. The Bertz CT molecular complexity index is 362. The normalized spacial score (nSPS) is 15.7. The van der Waals surface area contributed by atoms with Gasteiger partial charge in [0.25, 0.3) is 0 Å². The van der Waals surface area contributed by atoms with Crippen molar-refractivity contribution in [1.29, 1.82) is 0 Å². The highest BCUT2D eigenvalue weighted by atomic mass is 35.5. The highest BCUT2D eigenvalue weighted by molar-refractivity contribution is 6.29. The maximum absolute atomic E-state index is 5.87. The smallest absolute Gasteiger partial charge is 0.0531 e. The van der Waals surface area contributed by atoms with E-state index in [1.54, 1.807) is 0 Å². The zero-order valence-corrected chi connectivity index (χ0v) is 9.43. The average molecular weight is 223 g/mol. The number of rotatable bonds is 2. The van der Waals surface area contributed by atoms with Gasteiger partial charge in [0.1, 0.15) is 0 Å². The molecular formula is C12H15ClN2. The standard InChI is InChI=1S/C12H15ClN2/c1-10(13)9-15-7-6-14-8-11-4-2-3-5-12(11)15/h2-5,14H,1,6-9H2. The molecule has 1 heterocycles. The van der Waals surface area contributed by atoms with E-state index in [1.165, 1.54) is 11.3 Å². The molecule has 0 aromatic heterocycles. The monoisotopic (exact) mass is 222 g/mol. The van der Waals surface area contributed by atoms with Crippen LogP contribution in [0.1, 0.15) is 5.56 Å². The minimum Gasteiger partial charge on any atom is -0.365 e. The quantitative estimate of drug-likeness (QED) is 0.827. The van der Waals surface area contributed by atoms with Crippen LogP contribution in [0.5, 0.6) is 0 Å². The van der Waals surface area contributed by atoms with Crippen LogP contribution in [0, 0.1) is 0 Å². The molecule has 0 amide bonds. The molecule has 2 nitrogen and oxygen atoms in total. The summed E-state index contributed by atoms with van der Waals surface area (Å²) in [7, 11) is 0. The fraction of sp³-hybridized carbons (Fsp3) is 0.333. The lowest BCUT2D eigenvalue weighted by Crippen LogP contribution is -2.29. The molecule has 2 rings (SSSR count). The van der Waals surface area contributed by atoms with Gasteiger partial charge in [-0.15, -0.1) is 0 Å². The predicted octanol–water partition coefficient (Wildman–Crippen LogP) is 2.35. The Labute approximate surface area is 95.5 Å².